The molecule has 2 aliphatic rings. The van der Waals surface area contributed by atoms with E-state index in [-0.39, 0.29) is 35.4 Å². The molecule has 2 heterocycles. The van der Waals surface area contributed by atoms with Gasteiger partial charge in [0.15, 0.2) is 5.78 Å². The summed E-state index contributed by atoms with van der Waals surface area (Å²) < 4.78 is 13.4. The Kier molecular flexibility index (Phi) is 10.9. The summed E-state index contributed by atoms with van der Waals surface area (Å²) in [5, 5.41) is 0. The van der Waals surface area contributed by atoms with Crippen molar-refractivity contribution in [2.75, 3.05) is 52.4 Å². The third kappa shape index (κ3) is 7.33. The van der Waals surface area contributed by atoms with Gasteiger partial charge in [0.25, 0.3) is 0 Å². The number of likely N-dealkylation sites (tertiary alicyclic amines) is 1. The average molecular weight is 478 g/mol. The second kappa shape index (κ2) is 13.2. The maximum absolute atomic E-state index is 13.4. The van der Waals surface area contributed by atoms with Gasteiger partial charge in [-0.3, -0.25) is 14.6 Å². The lowest BCUT2D eigenvalue weighted by atomic mass is 9.98. The van der Waals surface area contributed by atoms with Crippen LogP contribution in [0.2, 0.25) is 0 Å². The van der Waals surface area contributed by atoms with Crippen LogP contribution in [-0.2, 0) is 0 Å². The Hall–Kier alpha value is -1.83. The van der Waals surface area contributed by atoms with E-state index in [1.807, 2.05) is 49.4 Å². The normalized spacial score (nSPS) is 19.3. The molecular weight excluding hydrogens is 441 g/mol. The zero-order valence-electron chi connectivity index (χ0n) is 19.5. The van der Waals surface area contributed by atoms with E-state index in [2.05, 4.69) is 14.7 Å². The van der Waals surface area contributed by atoms with Gasteiger partial charge in [0.2, 0.25) is 0 Å². The molecule has 0 spiro atoms. The van der Waals surface area contributed by atoms with Crippen LogP contribution in [0.15, 0.2) is 54.6 Å². The van der Waals surface area contributed by atoms with Crippen LogP contribution in [0, 0.1) is 11.7 Å². The number of rotatable bonds is 8. The molecule has 0 saturated carbocycles. The smallest absolute Gasteiger partial charge is 0.166 e. The van der Waals surface area contributed by atoms with Gasteiger partial charge in [-0.05, 0) is 43.6 Å². The highest BCUT2D eigenvalue weighted by Crippen LogP contribution is 2.27. The summed E-state index contributed by atoms with van der Waals surface area (Å²) in [7, 11) is 0. The van der Waals surface area contributed by atoms with Crippen molar-refractivity contribution < 1.29 is 14.7 Å². The van der Waals surface area contributed by atoms with Crippen LogP contribution in [0.3, 0.4) is 0 Å². The first-order valence-electron chi connectivity index (χ1n) is 11.6. The molecule has 4 rings (SSSR count). The van der Waals surface area contributed by atoms with Crippen molar-refractivity contribution in [1.29, 1.82) is 0 Å². The minimum absolute atomic E-state index is 0. The lowest BCUT2D eigenvalue weighted by Crippen LogP contribution is -2.50. The molecule has 2 fully saturated rings. The topological polar surface area (TPSA) is 58.3 Å². The van der Waals surface area contributed by atoms with Crippen molar-refractivity contribution in [2.45, 2.75) is 25.8 Å². The van der Waals surface area contributed by atoms with E-state index in [9.17, 15) is 9.18 Å². The van der Waals surface area contributed by atoms with E-state index in [4.69, 9.17) is 0 Å². The summed E-state index contributed by atoms with van der Waals surface area (Å²) in [5.74, 6) is 0.0654. The van der Waals surface area contributed by atoms with Gasteiger partial charge in [0.05, 0.1) is 0 Å². The Morgan fingerprint density at radius 1 is 0.848 bits per heavy atom. The van der Waals surface area contributed by atoms with Crippen molar-refractivity contribution in [1.82, 2.24) is 14.7 Å². The fraction of sp³-hybridized carbons (Fsp3) is 0.500. The summed E-state index contributed by atoms with van der Waals surface area (Å²) in [6, 6.07) is 17.0. The highest BCUT2D eigenvalue weighted by atomic mass is 35.5. The number of hydrogen-bond acceptors (Lipinski definition) is 4. The Morgan fingerprint density at radius 3 is 1.97 bits per heavy atom. The predicted octanol–water partition coefficient (Wildman–Crippen LogP) is 3.70. The number of halogens is 2. The molecule has 2 unspecified atom stereocenters. The zero-order valence-corrected chi connectivity index (χ0v) is 20.3. The number of nitrogens with zero attached hydrogens (tertiary/aromatic N) is 3. The van der Waals surface area contributed by atoms with E-state index in [1.54, 1.807) is 12.1 Å². The van der Waals surface area contributed by atoms with Gasteiger partial charge in [-0.15, -0.1) is 12.4 Å². The number of benzene rings is 2. The number of Topliss-reactive ketones (excluding diaryl/α,β-unsaturated/α-hetero) is 1. The van der Waals surface area contributed by atoms with Gasteiger partial charge >= 0.3 is 0 Å². The summed E-state index contributed by atoms with van der Waals surface area (Å²) in [5.41, 5.74) is 2.02. The Bertz CT molecular complexity index is 838. The molecule has 0 bridgehead atoms. The minimum atomic E-state index is -0.170. The SMILES string of the molecule is CC(CN1CCN(CC(c2ccc(F)cc2)N2CCCC2)CC1)C(=O)c1ccccc1.Cl.O. The molecule has 2 saturated heterocycles. The predicted molar refractivity (Wildman–Crippen MR) is 134 cm³/mol. The Labute approximate surface area is 203 Å². The van der Waals surface area contributed by atoms with Crippen LogP contribution in [0.4, 0.5) is 4.39 Å². The van der Waals surface area contributed by atoms with Gasteiger partial charge in [0, 0.05) is 56.8 Å². The molecule has 0 aromatic heterocycles. The number of carbonyl (C=O) groups is 1. The molecule has 0 amide bonds. The molecule has 2 aromatic rings. The van der Waals surface area contributed by atoms with E-state index in [0.717, 1.165) is 57.9 Å². The second-order valence-electron chi connectivity index (χ2n) is 9.04. The van der Waals surface area contributed by atoms with Crippen LogP contribution in [-0.4, -0.2) is 78.3 Å². The fourth-order valence-electron chi connectivity index (χ4n) is 4.93. The minimum Gasteiger partial charge on any atom is -0.412 e. The molecule has 5 nitrogen and oxygen atoms in total. The lowest BCUT2D eigenvalue weighted by molar-refractivity contribution is 0.0769. The Balaban J connectivity index is 0.00000193. The highest BCUT2D eigenvalue weighted by molar-refractivity contribution is 5.97. The maximum atomic E-state index is 13.4. The molecule has 0 aliphatic carbocycles. The second-order valence-corrected chi connectivity index (χ2v) is 9.04. The van der Waals surface area contributed by atoms with Crippen LogP contribution in [0.5, 0.6) is 0 Å². The monoisotopic (exact) mass is 477 g/mol. The molecule has 2 aliphatic heterocycles. The molecule has 0 radical (unpaired) electrons. The van der Waals surface area contributed by atoms with Gasteiger partial charge < -0.3 is 10.4 Å². The number of carbonyl (C=O) groups excluding carboxylic acids is 1. The van der Waals surface area contributed by atoms with E-state index in [1.165, 1.54) is 18.4 Å². The van der Waals surface area contributed by atoms with Crippen molar-refractivity contribution in [3.05, 3.63) is 71.5 Å². The quantitative estimate of drug-likeness (QED) is 0.544. The average Bonchev–Trinajstić information content (AvgIpc) is 3.34. The fourth-order valence-corrected chi connectivity index (χ4v) is 4.93. The molecule has 7 heteroatoms. The third-order valence-corrected chi connectivity index (χ3v) is 6.77. The Morgan fingerprint density at radius 2 is 1.39 bits per heavy atom. The molecule has 2 atom stereocenters. The van der Waals surface area contributed by atoms with Gasteiger partial charge in [-0.25, -0.2) is 4.39 Å². The van der Waals surface area contributed by atoms with E-state index in [0.29, 0.717) is 6.04 Å². The first-order chi connectivity index (χ1) is 15.1. The third-order valence-electron chi connectivity index (χ3n) is 6.77. The molecule has 33 heavy (non-hydrogen) atoms. The first kappa shape index (κ1) is 27.4. The summed E-state index contributed by atoms with van der Waals surface area (Å²) in [4.78, 5) is 20.2. The van der Waals surface area contributed by atoms with Gasteiger partial charge in [-0.1, -0.05) is 49.4 Å². The van der Waals surface area contributed by atoms with E-state index < -0.39 is 0 Å². The van der Waals surface area contributed by atoms with Crippen LogP contribution >= 0.6 is 12.4 Å². The van der Waals surface area contributed by atoms with Gasteiger partial charge in [0.1, 0.15) is 5.82 Å². The van der Waals surface area contributed by atoms with Crippen LogP contribution in [0.1, 0.15) is 41.7 Å². The van der Waals surface area contributed by atoms with Crippen molar-refractivity contribution in [3.8, 4) is 0 Å². The van der Waals surface area contributed by atoms with Crippen LogP contribution in [0.25, 0.3) is 0 Å². The molecular formula is C26H37ClFN3O2. The highest BCUT2D eigenvalue weighted by Gasteiger charge is 2.28. The number of ketones is 1. The maximum Gasteiger partial charge on any atom is 0.166 e. The molecule has 2 aromatic carbocycles. The van der Waals surface area contributed by atoms with Crippen molar-refractivity contribution in [2.24, 2.45) is 5.92 Å². The van der Waals surface area contributed by atoms with Crippen molar-refractivity contribution >= 4 is 18.2 Å². The van der Waals surface area contributed by atoms with E-state index >= 15 is 0 Å². The summed E-state index contributed by atoms with van der Waals surface area (Å²) >= 11 is 0. The molecule has 2 N–H and O–H groups in total. The van der Waals surface area contributed by atoms with Gasteiger partial charge in [-0.2, -0.15) is 0 Å². The lowest BCUT2D eigenvalue weighted by Gasteiger charge is -2.39. The summed E-state index contributed by atoms with van der Waals surface area (Å²) in [6.07, 6.45) is 2.50. The first-order valence-corrected chi connectivity index (χ1v) is 11.6. The number of hydrogen-bond donors (Lipinski definition) is 0. The number of piperazine rings is 1. The largest absolute Gasteiger partial charge is 0.412 e. The molecule has 182 valence electrons. The standard InChI is InChI=1S/C26H34FN3O.ClH.H2O/c1-21(26(31)23-7-3-2-4-8-23)19-28-15-17-29(18-16-28)20-25(30-13-5-6-14-30)22-9-11-24(27)12-10-22;;/h2-4,7-12,21,25H,5-6,13-20H2,1H3;1H;1H2. The van der Waals surface area contributed by atoms with Crippen LogP contribution < -0.4 is 0 Å². The summed E-state index contributed by atoms with van der Waals surface area (Å²) in [6.45, 7) is 10.1. The zero-order chi connectivity index (χ0) is 21.6. The van der Waals surface area contributed by atoms with Crippen molar-refractivity contribution in [3.63, 3.8) is 0 Å².